The van der Waals surface area contributed by atoms with Crippen LogP contribution in [0.3, 0.4) is 0 Å². The monoisotopic (exact) mass is 160 g/mol. The molecule has 3 nitrogen and oxygen atoms in total. The first kappa shape index (κ1) is 10.6. The molecule has 0 radical (unpaired) electrons. The van der Waals surface area contributed by atoms with E-state index in [0.717, 1.165) is 25.7 Å². The molecular weight excluding hydrogens is 144 g/mol. The minimum atomic E-state index is -0.454. The zero-order chi connectivity index (χ0) is 8.69. The Morgan fingerprint density at radius 1 is 1.64 bits per heavy atom. The van der Waals surface area contributed by atoms with Crippen LogP contribution in [-0.2, 0) is 9.53 Å². The van der Waals surface area contributed by atoms with Crippen LogP contribution in [0.15, 0.2) is 0 Å². The zero-order valence-electron chi connectivity index (χ0n) is 7.12. The van der Waals surface area contributed by atoms with Crippen molar-refractivity contribution in [1.29, 1.82) is 0 Å². The van der Waals surface area contributed by atoms with Crippen LogP contribution in [0.4, 0.5) is 0 Å². The minimum absolute atomic E-state index is 0.204. The fourth-order valence-electron chi connectivity index (χ4n) is 0.561. The van der Waals surface area contributed by atoms with Gasteiger partial charge in [0.15, 0.2) is 6.29 Å². The number of aliphatic hydroxyl groups excluding tert-OH is 1. The highest BCUT2D eigenvalue weighted by Gasteiger charge is 2.09. The van der Waals surface area contributed by atoms with Crippen molar-refractivity contribution in [1.82, 2.24) is 0 Å². The number of aliphatic hydroxyl groups is 1. The quantitative estimate of drug-likeness (QED) is 0.581. The minimum Gasteiger partial charge on any atom is -0.368 e. The van der Waals surface area contributed by atoms with Crippen molar-refractivity contribution in [3.8, 4) is 0 Å². The van der Waals surface area contributed by atoms with E-state index < -0.39 is 6.29 Å². The maximum Gasteiger partial charge on any atom is 0.154 e. The second-order valence-electron chi connectivity index (χ2n) is 2.85. The summed E-state index contributed by atoms with van der Waals surface area (Å²) in [5, 5.41) is 8.51. The van der Waals surface area contributed by atoms with Gasteiger partial charge in [0.25, 0.3) is 0 Å². The molecule has 11 heavy (non-hydrogen) atoms. The summed E-state index contributed by atoms with van der Waals surface area (Å²) >= 11 is 0. The Hall–Kier alpha value is -0.410. The maximum atomic E-state index is 9.50. The second-order valence-corrected chi connectivity index (χ2v) is 2.85. The van der Waals surface area contributed by atoms with Crippen molar-refractivity contribution in [2.75, 3.05) is 6.61 Å². The van der Waals surface area contributed by atoms with E-state index in [1.807, 2.05) is 13.8 Å². The molecule has 0 aromatic rings. The molecule has 0 aromatic heterocycles. The molecule has 1 saturated heterocycles. The Morgan fingerprint density at radius 3 is 2.27 bits per heavy atom. The van der Waals surface area contributed by atoms with Crippen molar-refractivity contribution in [2.24, 2.45) is 5.92 Å². The van der Waals surface area contributed by atoms with Gasteiger partial charge in [0, 0.05) is 18.9 Å². The van der Waals surface area contributed by atoms with E-state index in [9.17, 15) is 4.79 Å². The number of hydrogen-bond acceptors (Lipinski definition) is 3. The van der Waals surface area contributed by atoms with Crippen molar-refractivity contribution >= 4 is 6.29 Å². The molecule has 0 spiro atoms. The summed E-state index contributed by atoms with van der Waals surface area (Å²) in [6.07, 6.45) is 2.30. The summed E-state index contributed by atoms with van der Waals surface area (Å²) < 4.78 is 4.71. The van der Waals surface area contributed by atoms with Gasteiger partial charge in [0.2, 0.25) is 0 Å². The first-order chi connectivity index (χ1) is 5.16. The Morgan fingerprint density at radius 2 is 2.18 bits per heavy atom. The van der Waals surface area contributed by atoms with Gasteiger partial charge in [-0.1, -0.05) is 13.8 Å². The van der Waals surface area contributed by atoms with Crippen molar-refractivity contribution in [3.63, 3.8) is 0 Å². The summed E-state index contributed by atoms with van der Waals surface area (Å²) in [4.78, 5) is 9.50. The van der Waals surface area contributed by atoms with Crippen LogP contribution in [-0.4, -0.2) is 24.3 Å². The van der Waals surface area contributed by atoms with Gasteiger partial charge in [-0.25, -0.2) is 0 Å². The SMILES string of the molecule is CC(C)C=O.OC1CCCO1. The van der Waals surface area contributed by atoms with Crippen LogP contribution in [0.25, 0.3) is 0 Å². The van der Waals surface area contributed by atoms with Crippen LogP contribution in [0.2, 0.25) is 0 Å². The highest BCUT2D eigenvalue weighted by molar-refractivity contribution is 5.51. The molecule has 1 fully saturated rings. The number of aldehydes is 1. The predicted molar refractivity (Wildman–Crippen MR) is 42.1 cm³/mol. The molecule has 1 atom stereocenters. The largest absolute Gasteiger partial charge is 0.368 e. The van der Waals surface area contributed by atoms with E-state index in [1.54, 1.807) is 0 Å². The predicted octanol–water partition coefficient (Wildman–Crippen LogP) is 0.956. The van der Waals surface area contributed by atoms with Crippen LogP contribution < -0.4 is 0 Å². The number of rotatable bonds is 1. The fourth-order valence-corrected chi connectivity index (χ4v) is 0.561. The lowest BCUT2D eigenvalue weighted by molar-refractivity contribution is -0.110. The Labute approximate surface area is 67.4 Å². The fraction of sp³-hybridized carbons (Fsp3) is 0.875. The molecule has 0 amide bonds. The Kier molecular flexibility index (Phi) is 6.07. The highest BCUT2D eigenvalue weighted by atomic mass is 16.6. The summed E-state index contributed by atoms with van der Waals surface area (Å²) in [6.45, 7) is 4.45. The third-order valence-corrected chi connectivity index (χ3v) is 1.18. The van der Waals surface area contributed by atoms with Gasteiger partial charge in [0.1, 0.15) is 6.29 Å². The molecule has 0 bridgehead atoms. The highest BCUT2D eigenvalue weighted by Crippen LogP contribution is 2.06. The summed E-state index contributed by atoms with van der Waals surface area (Å²) in [5.41, 5.74) is 0. The van der Waals surface area contributed by atoms with E-state index in [1.165, 1.54) is 0 Å². The topological polar surface area (TPSA) is 46.5 Å². The Balaban J connectivity index is 0.000000187. The lowest BCUT2D eigenvalue weighted by atomic mass is 10.3. The molecule has 1 rings (SSSR count). The van der Waals surface area contributed by atoms with E-state index in [4.69, 9.17) is 9.84 Å². The van der Waals surface area contributed by atoms with Gasteiger partial charge in [0.05, 0.1) is 0 Å². The Bertz CT molecular complexity index is 95.5. The summed E-state index contributed by atoms with van der Waals surface area (Å²) in [6, 6.07) is 0. The first-order valence-corrected chi connectivity index (χ1v) is 3.91. The zero-order valence-corrected chi connectivity index (χ0v) is 7.12. The lowest BCUT2D eigenvalue weighted by Crippen LogP contribution is -1.99. The summed E-state index contributed by atoms with van der Waals surface area (Å²) in [5.74, 6) is 0.204. The van der Waals surface area contributed by atoms with Gasteiger partial charge in [-0.05, 0) is 6.42 Å². The standard InChI is InChI=1S/C4H8O2.C4H8O/c5-4-2-1-3-6-4;1-4(2)3-5/h4-5H,1-3H2;3-4H,1-2H3. The molecule has 1 heterocycles. The third-order valence-electron chi connectivity index (χ3n) is 1.18. The lowest BCUT2D eigenvalue weighted by Gasteiger charge is -1.93. The van der Waals surface area contributed by atoms with Crippen LogP contribution in [0, 0.1) is 5.92 Å². The number of hydrogen-bond donors (Lipinski definition) is 1. The maximum absolute atomic E-state index is 9.50. The molecule has 0 aromatic carbocycles. The summed E-state index contributed by atoms with van der Waals surface area (Å²) in [7, 11) is 0. The molecule has 0 aliphatic carbocycles. The average Bonchev–Trinajstić information content (AvgIpc) is 2.41. The molecule has 0 saturated carbocycles. The average molecular weight is 160 g/mol. The number of carbonyl (C=O) groups is 1. The third kappa shape index (κ3) is 7.49. The molecule has 1 aliphatic rings. The molecular formula is C8H16O3. The van der Waals surface area contributed by atoms with E-state index >= 15 is 0 Å². The van der Waals surface area contributed by atoms with Gasteiger partial charge in [-0.15, -0.1) is 0 Å². The van der Waals surface area contributed by atoms with E-state index in [0.29, 0.717) is 0 Å². The van der Waals surface area contributed by atoms with E-state index in [-0.39, 0.29) is 5.92 Å². The first-order valence-electron chi connectivity index (χ1n) is 3.91. The normalized spacial score (nSPS) is 22.7. The number of carbonyl (C=O) groups excluding carboxylic acids is 1. The van der Waals surface area contributed by atoms with Crippen molar-refractivity contribution in [2.45, 2.75) is 33.0 Å². The van der Waals surface area contributed by atoms with Gasteiger partial charge < -0.3 is 14.6 Å². The molecule has 1 aliphatic heterocycles. The van der Waals surface area contributed by atoms with Gasteiger partial charge in [-0.2, -0.15) is 0 Å². The molecule has 1 N–H and O–H groups in total. The second kappa shape index (κ2) is 6.31. The van der Waals surface area contributed by atoms with Crippen LogP contribution in [0.1, 0.15) is 26.7 Å². The van der Waals surface area contributed by atoms with E-state index in [2.05, 4.69) is 0 Å². The number of ether oxygens (including phenoxy) is 1. The van der Waals surface area contributed by atoms with Gasteiger partial charge in [-0.3, -0.25) is 0 Å². The van der Waals surface area contributed by atoms with Crippen LogP contribution in [0.5, 0.6) is 0 Å². The molecule has 3 heteroatoms. The smallest absolute Gasteiger partial charge is 0.154 e. The molecule has 66 valence electrons. The van der Waals surface area contributed by atoms with Gasteiger partial charge >= 0.3 is 0 Å². The van der Waals surface area contributed by atoms with Crippen LogP contribution >= 0.6 is 0 Å². The van der Waals surface area contributed by atoms with Crippen molar-refractivity contribution in [3.05, 3.63) is 0 Å². The molecule has 1 unspecified atom stereocenters. The van der Waals surface area contributed by atoms with Crippen molar-refractivity contribution < 1.29 is 14.6 Å².